The van der Waals surface area contributed by atoms with Gasteiger partial charge in [0.25, 0.3) is 0 Å². The first-order valence-electron chi connectivity index (χ1n) is 6.65. The molecular weight excluding hydrogens is 228 g/mol. The number of rotatable bonds is 3. The van der Waals surface area contributed by atoms with Crippen LogP contribution < -0.4 is 10.2 Å². The van der Waals surface area contributed by atoms with Gasteiger partial charge in [0.2, 0.25) is 11.9 Å². The van der Waals surface area contributed by atoms with E-state index < -0.39 is 0 Å². The Kier molecular flexibility index (Phi) is 3.13. The average molecular weight is 246 g/mol. The smallest absolute Gasteiger partial charge is 0.225 e. The van der Waals surface area contributed by atoms with Crippen molar-refractivity contribution in [2.45, 2.75) is 31.7 Å². The molecule has 0 aromatic carbocycles. The van der Waals surface area contributed by atoms with Crippen molar-refractivity contribution in [1.29, 1.82) is 0 Å². The van der Waals surface area contributed by atoms with Gasteiger partial charge in [-0.05, 0) is 31.7 Å². The van der Waals surface area contributed by atoms with Gasteiger partial charge >= 0.3 is 0 Å². The van der Waals surface area contributed by atoms with E-state index in [2.05, 4.69) is 20.2 Å². The third-order valence-corrected chi connectivity index (χ3v) is 3.55. The summed E-state index contributed by atoms with van der Waals surface area (Å²) in [6.07, 6.45) is 7.78. The average Bonchev–Trinajstić information content (AvgIpc) is 3.24. The molecule has 0 spiro atoms. The van der Waals surface area contributed by atoms with Gasteiger partial charge in [-0.3, -0.25) is 4.79 Å². The number of amides is 1. The van der Waals surface area contributed by atoms with Crippen LogP contribution in [0.5, 0.6) is 0 Å². The van der Waals surface area contributed by atoms with E-state index in [1.165, 1.54) is 0 Å². The van der Waals surface area contributed by atoms with E-state index in [0.29, 0.717) is 6.04 Å². The first-order chi connectivity index (χ1) is 8.83. The molecule has 5 nitrogen and oxygen atoms in total. The number of nitrogens with zero attached hydrogens (tertiary/aromatic N) is 3. The summed E-state index contributed by atoms with van der Waals surface area (Å²) in [5.74, 6) is 1.03. The molecule has 3 rings (SSSR count). The topological polar surface area (TPSA) is 58.1 Å². The number of piperidine rings is 1. The zero-order valence-corrected chi connectivity index (χ0v) is 10.4. The van der Waals surface area contributed by atoms with Crippen molar-refractivity contribution >= 4 is 11.9 Å². The minimum absolute atomic E-state index is 0.0863. The Morgan fingerprint density at radius 1 is 1.28 bits per heavy atom. The Bertz CT molecular complexity index is 418. The summed E-state index contributed by atoms with van der Waals surface area (Å²) >= 11 is 0. The first kappa shape index (κ1) is 11.4. The fourth-order valence-electron chi connectivity index (χ4n) is 2.37. The molecule has 1 saturated carbocycles. The summed E-state index contributed by atoms with van der Waals surface area (Å²) in [6, 6.07) is 2.26. The molecule has 0 unspecified atom stereocenters. The van der Waals surface area contributed by atoms with E-state index in [1.54, 1.807) is 12.4 Å². The van der Waals surface area contributed by atoms with E-state index in [0.717, 1.165) is 44.7 Å². The normalized spacial score (nSPS) is 23.8. The maximum Gasteiger partial charge on any atom is 0.225 e. The summed E-state index contributed by atoms with van der Waals surface area (Å²) < 4.78 is 0. The molecule has 1 atom stereocenters. The lowest BCUT2D eigenvalue weighted by Gasteiger charge is -2.31. The van der Waals surface area contributed by atoms with Crippen LogP contribution in [-0.4, -0.2) is 35.0 Å². The summed E-state index contributed by atoms with van der Waals surface area (Å²) in [6.45, 7) is 1.68. The van der Waals surface area contributed by atoms with Gasteiger partial charge in [0, 0.05) is 31.5 Å². The number of hydrogen-bond acceptors (Lipinski definition) is 4. The maximum atomic E-state index is 12.0. The van der Waals surface area contributed by atoms with Crippen molar-refractivity contribution in [2.24, 2.45) is 5.92 Å². The second kappa shape index (κ2) is 4.92. The molecule has 0 bridgehead atoms. The van der Waals surface area contributed by atoms with Gasteiger partial charge in [-0.1, -0.05) is 0 Å². The highest BCUT2D eigenvalue weighted by Gasteiger charge is 2.30. The lowest BCUT2D eigenvalue weighted by Crippen LogP contribution is -2.44. The Morgan fingerprint density at radius 2 is 2.06 bits per heavy atom. The predicted octanol–water partition coefficient (Wildman–Crippen LogP) is 0.972. The van der Waals surface area contributed by atoms with E-state index in [4.69, 9.17) is 0 Å². The van der Waals surface area contributed by atoms with Crippen LogP contribution in [0.3, 0.4) is 0 Å². The molecule has 96 valence electrons. The van der Waals surface area contributed by atoms with Crippen molar-refractivity contribution in [3.8, 4) is 0 Å². The highest BCUT2D eigenvalue weighted by molar-refractivity contribution is 5.80. The largest absolute Gasteiger partial charge is 0.353 e. The van der Waals surface area contributed by atoms with Gasteiger partial charge in [-0.2, -0.15) is 0 Å². The second-order valence-electron chi connectivity index (χ2n) is 5.12. The maximum absolute atomic E-state index is 12.0. The molecule has 1 aliphatic carbocycles. The molecular formula is C13H18N4O. The number of hydrogen-bond donors (Lipinski definition) is 1. The summed E-state index contributed by atoms with van der Waals surface area (Å²) in [7, 11) is 0. The van der Waals surface area contributed by atoms with E-state index in [1.807, 2.05) is 6.07 Å². The van der Waals surface area contributed by atoms with Crippen LogP contribution in [0.2, 0.25) is 0 Å². The number of aromatic nitrogens is 2. The van der Waals surface area contributed by atoms with Crippen LogP contribution in [0, 0.1) is 5.92 Å². The van der Waals surface area contributed by atoms with Crippen LogP contribution in [0.25, 0.3) is 0 Å². The van der Waals surface area contributed by atoms with Crippen molar-refractivity contribution in [2.75, 3.05) is 18.0 Å². The minimum atomic E-state index is 0.0863. The van der Waals surface area contributed by atoms with E-state index in [-0.39, 0.29) is 11.8 Å². The van der Waals surface area contributed by atoms with Gasteiger partial charge in [0.1, 0.15) is 0 Å². The van der Waals surface area contributed by atoms with Crippen LogP contribution in [0.4, 0.5) is 5.95 Å². The molecule has 1 saturated heterocycles. The second-order valence-corrected chi connectivity index (χ2v) is 5.12. The molecule has 1 aromatic heterocycles. The van der Waals surface area contributed by atoms with Crippen molar-refractivity contribution in [3.05, 3.63) is 18.5 Å². The standard InChI is InChI=1S/C13H18N4O/c18-12(16-11-4-5-11)10-3-1-8-17(9-10)13-14-6-2-7-15-13/h2,6-7,10-11H,1,3-5,8-9H2,(H,16,18)/t10-/m0/s1. The SMILES string of the molecule is O=C(NC1CC1)[C@H]1CCCN(c2ncccn2)C1. The fourth-order valence-corrected chi connectivity index (χ4v) is 2.37. The summed E-state index contributed by atoms with van der Waals surface area (Å²) in [5.41, 5.74) is 0. The molecule has 2 heterocycles. The summed E-state index contributed by atoms with van der Waals surface area (Å²) in [4.78, 5) is 22.7. The van der Waals surface area contributed by atoms with E-state index >= 15 is 0 Å². The molecule has 0 radical (unpaired) electrons. The highest BCUT2D eigenvalue weighted by atomic mass is 16.2. The highest BCUT2D eigenvalue weighted by Crippen LogP contribution is 2.23. The number of anilines is 1. The predicted molar refractivity (Wildman–Crippen MR) is 68.1 cm³/mol. The molecule has 5 heteroatoms. The summed E-state index contributed by atoms with van der Waals surface area (Å²) in [5, 5.41) is 3.09. The molecule has 2 aliphatic rings. The van der Waals surface area contributed by atoms with Gasteiger partial charge in [0.15, 0.2) is 0 Å². The Morgan fingerprint density at radius 3 is 2.78 bits per heavy atom. The Labute approximate surface area is 107 Å². The monoisotopic (exact) mass is 246 g/mol. The van der Waals surface area contributed by atoms with Crippen molar-refractivity contribution < 1.29 is 4.79 Å². The quantitative estimate of drug-likeness (QED) is 0.863. The molecule has 1 aromatic rings. The van der Waals surface area contributed by atoms with Gasteiger partial charge in [0.05, 0.1) is 5.92 Å². The van der Waals surface area contributed by atoms with Crippen LogP contribution >= 0.6 is 0 Å². The third-order valence-electron chi connectivity index (χ3n) is 3.55. The Balaban J connectivity index is 1.62. The van der Waals surface area contributed by atoms with Gasteiger partial charge < -0.3 is 10.2 Å². The van der Waals surface area contributed by atoms with E-state index in [9.17, 15) is 4.79 Å². The van der Waals surface area contributed by atoms with Crippen LogP contribution in [-0.2, 0) is 4.79 Å². The lowest BCUT2D eigenvalue weighted by atomic mass is 9.97. The molecule has 1 amide bonds. The van der Waals surface area contributed by atoms with Crippen molar-refractivity contribution in [3.63, 3.8) is 0 Å². The minimum Gasteiger partial charge on any atom is -0.353 e. The number of carbonyl (C=O) groups is 1. The molecule has 1 aliphatic heterocycles. The zero-order chi connectivity index (χ0) is 12.4. The lowest BCUT2D eigenvalue weighted by molar-refractivity contribution is -0.125. The Hall–Kier alpha value is -1.65. The molecule has 18 heavy (non-hydrogen) atoms. The van der Waals surface area contributed by atoms with Crippen molar-refractivity contribution in [1.82, 2.24) is 15.3 Å². The third kappa shape index (κ3) is 2.60. The first-order valence-corrected chi connectivity index (χ1v) is 6.65. The number of carbonyl (C=O) groups excluding carboxylic acids is 1. The van der Waals surface area contributed by atoms with Crippen LogP contribution in [0.15, 0.2) is 18.5 Å². The number of nitrogens with one attached hydrogen (secondary N) is 1. The van der Waals surface area contributed by atoms with Gasteiger partial charge in [-0.25, -0.2) is 9.97 Å². The molecule has 2 fully saturated rings. The fraction of sp³-hybridized carbons (Fsp3) is 0.615. The van der Waals surface area contributed by atoms with Crippen LogP contribution in [0.1, 0.15) is 25.7 Å². The van der Waals surface area contributed by atoms with Gasteiger partial charge in [-0.15, -0.1) is 0 Å². The zero-order valence-electron chi connectivity index (χ0n) is 10.4. The molecule has 1 N–H and O–H groups in total.